The minimum absolute atomic E-state index is 0.0427. The van der Waals surface area contributed by atoms with E-state index >= 15 is 0 Å². The van der Waals surface area contributed by atoms with Gasteiger partial charge >= 0.3 is 0 Å². The molecule has 9 nitrogen and oxygen atoms in total. The highest BCUT2D eigenvalue weighted by Gasteiger charge is 2.42. The minimum Gasteiger partial charge on any atom is -0.351 e. The maximum atomic E-state index is 13.9. The monoisotopic (exact) mass is 570 g/mol. The molecule has 2 aromatic carbocycles. The molecule has 1 saturated carbocycles. The normalized spacial score (nSPS) is 20.7. The average Bonchev–Trinajstić information content (AvgIpc) is 3.60. The number of carbonyl (C=O) groups is 5. The van der Waals surface area contributed by atoms with Gasteiger partial charge in [0.1, 0.15) is 17.5 Å². The number of hydrogen-bond donors (Lipinski definition) is 3. The van der Waals surface area contributed by atoms with Gasteiger partial charge in [0.2, 0.25) is 11.7 Å². The van der Waals surface area contributed by atoms with Crippen LogP contribution in [-0.2, 0) is 25.7 Å². The number of carbonyl (C=O) groups excluding carboxylic acids is 5. The number of hydrogen-bond acceptors (Lipinski definition) is 5. The fourth-order valence-corrected chi connectivity index (χ4v) is 6.08. The van der Waals surface area contributed by atoms with E-state index in [1.54, 1.807) is 11.0 Å². The molecule has 42 heavy (non-hydrogen) atoms. The van der Waals surface area contributed by atoms with Crippen molar-refractivity contribution in [2.45, 2.75) is 71.0 Å². The summed E-state index contributed by atoms with van der Waals surface area (Å²) in [6.45, 7) is 4.64. The predicted molar refractivity (Wildman–Crippen MR) is 158 cm³/mol. The molecule has 0 radical (unpaired) electrons. The van der Waals surface area contributed by atoms with Crippen LogP contribution < -0.4 is 10.6 Å². The van der Waals surface area contributed by atoms with Gasteiger partial charge in [-0.3, -0.25) is 24.0 Å². The number of ketones is 2. The van der Waals surface area contributed by atoms with E-state index in [1.807, 2.05) is 54.6 Å². The number of nitrogens with zero attached hydrogens (tertiary/aromatic N) is 1. The van der Waals surface area contributed by atoms with Crippen molar-refractivity contribution in [1.29, 1.82) is 0 Å². The third-order valence-corrected chi connectivity index (χ3v) is 8.58. The van der Waals surface area contributed by atoms with Crippen LogP contribution in [0, 0.1) is 11.3 Å². The van der Waals surface area contributed by atoms with E-state index in [-0.39, 0.29) is 30.1 Å². The number of fused-ring (bicyclic) bond motifs is 1. The number of Topliss-reactive ketones (excluding diaryl/α,β-unsaturated/α-hetero) is 2. The molecular weight excluding hydrogens is 532 g/mol. The van der Waals surface area contributed by atoms with Crippen molar-refractivity contribution in [2.24, 2.45) is 11.3 Å². The zero-order valence-electron chi connectivity index (χ0n) is 24.2. The molecule has 1 aliphatic carbocycles. The lowest BCUT2D eigenvalue weighted by molar-refractivity contribution is -0.141. The summed E-state index contributed by atoms with van der Waals surface area (Å²) in [6.07, 6.45) is 2.95. The molecule has 1 aromatic heterocycles. The summed E-state index contributed by atoms with van der Waals surface area (Å²) in [5, 5.41) is 6.35. The van der Waals surface area contributed by atoms with Crippen molar-refractivity contribution >= 4 is 40.2 Å². The van der Waals surface area contributed by atoms with Crippen LogP contribution in [0.2, 0.25) is 0 Å². The number of piperidine rings is 1. The van der Waals surface area contributed by atoms with Crippen molar-refractivity contribution in [2.75, 3.05) is 6.54 Å². The highest BCUT2D eigenvalue weighted by molar-refractivity contribution is 6.38. The summed E-state index contributed by atoms with van der Waals surface area (Å²) in [5.74, 6) is -2.75. The first-order valence-corrected chi connectivity index (χ1v) is 14.7. The van der Waals surface area contributed by atoms with Crippen molar-refractivity contribution in [3.63, 3.8) is 0 Å². The molecule has 2 aliphatic rings. The molecule has 1 aliphatic heterocycles. The Morgan fingerprint density at radius 1 is 1.05 bits per heavy atom. The second kappa shape index (κ2) is 12.3. The van der Waals surface area contributed by atoms with E-state index < -0.39 is 35.6 Å². The maximum Gasteiger partial charge on any atom is 0.289 e. The first kappa shape index (κ1) is 29.2. The van der Waals surface area contributed by atoms with Crippen LogP contribution in [0.15, 0.2) is 60.7 Å². The highest BCUT2D eigenvalue weighted by Crippen LogP contribution is 2.35. The standard InChI is InChI=1S/C33H38N4O5/c1-33(2)15-16-37(32(42)26-17-22-11-6-7-13-24(22)35-26)27(19-33)30(40)36-25(18-23-12-8-14-28(23)38)29(39)31(41)34-20-21-9-4-3-5-10-21/h3-7,9-11,13,17,23,25,27,35H,8,12,14-16,18-20H2,1-2H3,(H,34,41)(H,36,40)/t23-,25?,27-/m0/s1. The maximum absolute atomic E-state index is 13.9. The molecule has 0 bridgehead atoms. The fourth-order valence-electron chi connectivity index (χ4n) is 6.08. The van der Waals surface area contributed by atoms with Gasteiger partial charge in [-0.2, -0.15) is 0 Å². The molecule has 9 heteroatoms. The van der Waals surface area contributed by atoms with E-state index in [0.29, 0.717) is 37.9 Å². The molecule has 2 fully saturated rings. The zero-order valence-corrected chi connectivity index (χ0v) is 24.2. The first-order valence-electron chi connectivity index (χ1n) is 14.7. The molecule has 3 amide bonds. The lowest BCUT2D eigenvalue weighted by atomic mass is 9.78. The Morgan fingerprint density at radius 2 is 1.79 bits per heavy atom. The van der Waals surface area contributed by atoms with Crippen LogP contribution in [0.3, 0.4) is 0 Å². The molecular formula is C33H38N4O5. The van der Waals surface area contributed by atoms with Gasteiger partial charge in [0, 0.05) is 36.3 Å². The summed E-state index contributed by atoms with van der Waals surface area (Å²) in [6, 6.07) is 16.6. The highest BCUT2D eigenvalue weighted by atomic mass is 16.2. The smallest absolute Gasteiger partial charge is 0.289 e. The molecule has 3 atom stereocenters. The Bertz CT molecular complexity index is 1460. The van der Waals surface area contributed by atoms with Gasteiger partial charge < -0.3 is 20.5 Å². The molecule has 1 saturated heterocycles. The third kappa shape index (κ3) is 6.61. The van der Waals surface area contributed by atoms with Gasteiger partial charge in [-0.25, -0.2) is 0 Å². The summed E-state index contributed by atoms with van der Waals surface area (Å²) in [4.78, 5) is 71.2. The Kier molecular flexibility index (Phi) is 8.56. The number of benzene rings is 2. The molecule has 3 N–H and O–H groups in total. The number of nitrogens with one attached hydrogen (secondary N) is 3. The zero-order chi connectivity index (χ0) is 29.9. The fraction of sp³-hybridized carbons (Fsp3) is 0.424. The molecule has 220 valence electrons. The lowest BCUT2D eigenvalue weighted by Crippen LogP contribution is -2.58. The Morgan fingerprint density at radius 3 is 2.50 bits per heavy atom. The van der Waals surface area contributed by atoms with Crippen LogP contribution >= 0.6 is 0 Å². The third-order valence-electron chi connectivity index (χ3n) is 8.58. The Balaban J connectivity index is 1.35. The second-order valence-corrected chi connectivity index (χ2v) is 12.3. The average molecular weight is 571 g/mol. The number of aromatic nitrogens is 1. The molecule has 2 heterocycles. The summed E-state index contributed by atoms with van der Waals surface area (Å²) >= 11 is 0. The minimum atomic E-state index is -1.17. The van der Waals surface area contributed by atoms with Crippen LogP contribution in [0.1, 0.15) is 68.4 Å². The molecule has 1 unspecified atom stereocenters. The number of amides is 3. The van der Waals surface area contributed by atoms with Gasteiger partial charge in [0.15, 0.2) is 0 Å². The number of likely N-dealkylation sites (tertiary alicyclic amines) is 1. The van der Waals surface area contributed by atoms with Gasteiger partial charge in [0.05, 0.1) is 6.04 Å². The van der Waals surface area contributed by atoms with Gasteiger partial charge in [0.25, 0.3) is 11.8 Å². The lowest BCUT2D eigenvalue weighted by Gasteiger charge is -2.42. The van der Waals surface area contributed by atoms with Gasteiger partial charge in [-0.05, 0) is 55.2 Å². The van der Waals surface area contributed by atoms with E-state index in [9.17, 15) is 24.0 Å². The molecule has 3 aromatic rings. The SMILES string of the molecule is CC1(C)CCN(C(=O)c2cc3ccccc3[nH]2)[C@H](C(=O)NC(C[C@@H]2CCCC2=O)C(=O)C(=O)NCc2ccccc2)C1. The van der Waals surface area contributed by atoms with Crippen molar-refractivity contribution < 1.29 is 24.0 Å². The van der Waals surface area contributed by atoms with Crippen molar-refractivity contribution in [3.05, 3.63) is 71.9 Å². The Labute approximate surface area is 245 Å². The van der Waals surface area contributed by atoms with E-state index in [4.69, 9.17) is 0 Å². The number of rotatable bonds is 9. The predicted octanol–water partition coefficient (Wildman–Crippen LogP) is 3.93. The second-order valence-electron chi connectivity index (χ2n) is 12.3. The quantitative estimate of drug-likeness (QED) is 0.336. The van der Waals surface area contributed by atoms with E-state index in [0.717, 1.165) is 22.9 Å². The summed E-state index contributed by atoms with van der Waals surface area (Å²) in [7, 11) is 0. The summed E-state index contributed by atoms with van der Waals surface area (Å²) < 4.78 is 0. The Hall–Kier alpha value is -4.27. The molecule has 0 spiro atoms. The topological polar surface area (TPSA) is 128 Å². The van der Waals surface area contributed by atoms with Crippen molar-refractivity contribution in [1.82, 2.24) is 20.5 Å². The van der Waals surface area contributed by atoms with E-state index in [1.165, 1.54) is 0 Å². The van der Waals surface area contributed by atoms with Crippen LogP contribution in [0.25, 0.3) is 10.9 Å². The van der Waals surface area contributed by atoms with Gasteiger partial charge in [-0.15, -0.1) is 0 Å². The molecule has 5 rings (SSSR count). The largest absolute Gasteiger partial charge is 0.351 e. The summed E-state index contributed by atoms with van der Waals surface area (Å²) in [5.41, 5.74) is 1.83. The number of H-pyrrole nitrogens is 1. The van der Waals surface area contributed by atoms with Gasteiger partial charge in [-0.1, -0.05) is 62.4 Å². The number of aromatic amines is 1. The first-order chi connectivity index (χ1) is 20.1. The van der Waals surface area contributed by atoms with Crippen LogP contribution in [0.5, 0.6) is 0 Å². The van der Waals surface area contributed by atoms with Crippen LogP contribution in [-0.4, -0.2) is 57.8 Å². The number of para-hydroxylation sites is 1. The van der Waals surface area contributed by atoms with Crippen molar-refractivity contribution in [3.8, 4) is 0 Å². The van der Waals surface area contributed by atoms with Crippen LogP contribution in [0.4, 0.5) is 0 Å². The van der Waals surface area contributed by atoms with E-state index in [2.05, 4.69) is 29.5 Å².